The van der Waals surface area contributed by atoms with E-state index in [0.717, 1.165) is 6.08 Å². The van der Waals surface area contributed by atoms with Gasteiger partial charge in [-0.15, -0.1) is 0 Å². The number of hydrogen-bond acceptors (Lipinski definition) is 0. The zero-order valence-electron chi connectivity index (χ0n) is 5.03. The molecule has 0 amide bonds. The minimum atomic E-state index is -0.348. The summed E-state index contributed by atoms with van der Waals surface area (Å²) in [4.78, 5) is 0. The Kier molecular flexibility index (Phi) is 4.32. The van der Waals surface area contributed by atoms with Crippen LogP contribution < -0.4 is 0 Å². The summed E-state index contributed by atoms with van der Waals surface area (Å²) in [6.45, 7) is 6.80. The summed E-state index contributed by atoms with van der Waals surface area (Å²) in [5.41, 5.74) is 0.701. The number of halogens is 2. The molecule has 0 N–H and O–H groups in total. The molecule has 0 nitrogen and oxygen atoms in total. The van der Waals surface area contributed by atoms with Gasteiger partial charge in [-0.05, 0) is 17.7 Å². The molecule has 0 fully saturated rings. The van der Waals surface area contributed by atoms with E-state index in [1.165, 1.54) is 6.08 Å². The first-order valence-corrected chi connectivity index (χ1v) is 3.56. The smallest absolute Gasteiger partial charge is 0.122 e. The van der Waals surface area contributed by atoms with E-state index in [1.54, 1.807) is 0 Å². The summed E-state index contributed by atoms with van der Waals surface area (Å²) in [5.74, 6) is -0.348. The van der Waals surface area contributed by atoms with E-state index in [-0.39, 0.29) is 5.83 Å². The van der Waals surface area contributed by atoms with E-state index in [1.807, 2.05) is 0 Å². The Bertz CT molecular complexity index is 147. The Balaban J connectivity index is 3.94. The van der Waals surface area contributed by atoms with E-state index in [9.17, 15) is 4.39 Å². The van der Waals surface area contributed by atoms with Crippen LogP contribution in [-0.4, -0.2) is 5.33 Å². The predicted molar refractivity (Wildman–Crippen MR) is 42.3 cm³/mol. The van der Waals surface area contributed by atoms with Crippen LogP contribution in [0.4, 0.5) is 4.39 Å². The van der Waals surface area contributed by atoms with Gasteiger partial charge in [0.2, 0.25) is 0 Å². The molecule has 0 aliphatic carbocycles. The number of alkyl halides is 1. The van der Waals surface area contributed by atoms with Crippen molar-refractivity contribution in [3.8, 4) is 0 Å². The number of hydrogen-bond donors (Lipinski definition) is 0. The van der Waals surface area contributed by atoms with E-state index >= 15 is 0 Å². The quantitative estimate of drug-likeness (QED) is 0.475. The first kappa shape index (κ1) is 8.63. The van der Waals surface area contributed by atoms with E-state index in [0.29, 0.717) is 10.9 Å². The zero-order chi connectivity index (χ0) is 7.28. The molecule has 2 heteroatoms. The van der Waals surface area contributed by atoms with Crippen molar-refractivity contribution in [2.24, 2.45) is 0 Å². The van der Waals surface area contributed by atoms with Crippen molar-refractivity contribution in [2.45, 2.75) is 0 Å². The van der Waals surface area contributed by atoms with Crippen molar-refractivity contribution in [2.75, 3.05) is 5.33 Å². The SMILES string of the molecule is C=C/C(F)=C\C(=C)CBr. The lowest BCUT2D eigenvalue weighted by Gasteiger charge is -1.88. The van der Waals surface area contributed by atoms with Gasteiger partial charge in [0.1, 0.15) is 5.83 Å². The van der Waals surface area contributed by atoms with Crippen molar-refractivity contribution in [3.05, 3.63) is 36.7 Å². The van der Waals surface area contributed by atoms with Gasteiger partial charge in [-0.1, -0.05) is 29.1 Å². The fourth-order valence-electron chi connectivity index (χ4n) is 0.293. The van der Waals surface area contributed by atoms with E-state index in [4.69, 9.17) is 0 Å². The summed E-state index contributed by atoms with van der Waals surface area (Å²) in [7, 11) is 0. The Hall–Kier alpha value is -0.370. The maximum Gasteiger partial charge on any atom is 0.122 e. The Morgan fingerprint density at radius 3 is 2.56 bits per heavy atom. The van der Waals surface area contributed by atoms with E-state index in [2.05, 4.69) is 29.1 Å². The predicted octanol–water partition coefficient (Wildman–Crippen LogP) is 2.98. The van der Waals surface area contributed by atoms with Crippen LogP contribution in [0, 0.1) is 0 Å². The van der Waals surface area contributed by atoms with Crippen LogP contribution in [0.3, 0.4) is 0 Å². The molecule has 0 radical (unpaired) electrons. The molecule has 0 rings (SSSR count). The van der Waals surface area contributed by atoms with Crippen LogP contribution in [0.5, 0.6) is 0 Å². The topological polar surface area (TPSA) is 0 Å². The summed E-state index contributed by atoms with van der Waals surface area (Å²) >= 11 is 3.13. The maximum atomic E-state index is 12.2. The normalized spacial score (nSPS) is 11.1. The third-order valence-electron chi connectivity index (χ3n) is 0.709. The molecule has 0 spiro atoms. The molecule has 0 aromatic rings. The highest BCUT2D eigenvalue weighted by molar-refractivity contribution is 9.09. The molecule has 0 saturated heterocycles. The van der Waals surface area contributed by atoms with E-state index < -0.39 is 0 Å². The van der Waals surface area contributed by atoms with Crippen LogP contribution in [0.2, 0.25) is 0 Å². The molecule has 50 valence electrons. The minimum absolute atomic E-state index is 0.348. The van der Waals surface area contributed by atoms with Crippen molar-refractivity contribution in [1.82, 2.24) is 0 Å². The van der Waals surface area contributed by atoms with Gasteiger partial charge < -0.3 is 0 Å². The zero-order valence-corrected chi connectivity index (χ0v) is 6.62. The summed E-state index contributed by atoms with van der Waals surface area (Å²) in [5, 5.41) is 0.592. The minimum Gasteiger partial charge on any atom is -0.207 e. The molecule has 0 saturated carbocycles. The molecule has 9 heavy (non-hydrogen) atoms. The average Bonchev–Trinajstić information content (AvgIpc) is 1.87. The highest BCUT2D eigenvalue weighted by Gasteiger charge is 1.87. The molecular formula is C7H8BrF. The number of rotatable bonds is 3. The van der Waals surface area contributed by atoms with Crippen molar-refractivity contribution >= 4 is 15.9 Å². The van der Waals surface area contributed by atoms with Gasteiger partial charge in [0.15, 0.2) is 0 Å². The second-order valence-corrected chi connectivity index (χ2v) is 2.09. The molecule has 0 aromatic carbocycles. The van der Waals surface area contributed by atoms with Crippen molar-refractivity contribution in [1.29, 1.82) is 0 Å². The Morgan fingerprint density at radius 2 is 2.22 bits per heavy atom. The van der Waals surface area contributed by atoms with Gasteiger partial charge in [0.05, 0.1) is 0 Å². The van der Waals surface area contributed by atoms with Gasteiger partial charge in [-0.25, -0.2) is 4.39 Å². The third kappa shape index (κ3) is 4.15. The second-order valence-electron chi connectivity index (χ2n) is 1.53. The van der Waals surface area contributed by atoms with Gasteiger partial charge in [-0.2, -0.15) is 0 Å². The maximum absolute atomic E-state index is 12.2. The summed E-state index contributed by atoms with van der Waals surface area (Å²) in [6, 6.07) is 0. The van der Waals surface area contributed by atoms with Gasteiger partial charge in [0, 0.05) is 5.33 Å². The third-order valence-corrected chi connectivity index (χ3v) is 1.43. The van der Waals surface area contributed by atoms with Crippen LogP contribution in [-0.2, 0) is 0 Å². The lowest BCUT2D eigenvalue weighted by molar-refractivity contribution is 0.667. The lowest BCUT2D eigenvalue weighted by Crippen LogP contribution is -1.74. The molecular weight excluding hydrogens is 183 g/mol. The summed E-state index contributed by atoms with van der Waals surface area (Å²) < 4.78 is 12.2. The lowest BCUT2D eigenvalue weighted by atomic mass is 10.3. The molecule has 0 bridgehead atoms. The fraction of sp³-hybridized carbons (Fsp3) is 0.143. The van der Waals surface area contributed by atoms with Gasteiger partial charge in [-0.3, -0.25) is 0 Å². The Labute approximate surface area is 62.9 Å². The monoisotopic (exact) mass is 190 g/mol. The van der Waals surface area contributed by atoms with Crippen molar-refractivity contribution < 1.29 is 4.39 Å². The number of allylic oxidation sites excluding steroid dienone is 4. The highest BCUT2D eigenvalue weighted by Crippen LogP contribution is 2.04. The van der Waals surface area contributed by atoms with Crippen LogP contribution in [0.15, 0.2) is 36.7 Å². The Morgan fingerprint density at radius 1 is 1.67 bits per heavy atom. The average molecular weight is 191 g/mol. The van der Waals surface area contributed by atoms with Gasteiger partial charge in [0.25, 0.3) is 0 Å². The highest BCUT2D eigenvalue weighted by atomic mass is 79.9. The molecule has 0 unspecified atom stereocenters. The molecule has 0 aliphatic rings. The van der Waals surface area contributed by atoms with Crippen LogP contribution in [0.1, 0.15) is 0 Å². The molecule has 0 heterocycles. The van der Waals surface area contributed by atoms with Crippen LogP contribution >= 0.6 is 15.9 Å². The van der Waals surface area contributed by atoms with Crippen LogP contribution in [0.25, 0.3) is 0 Å². The first-order valence-electron chi connectivity index (χ1n) is 2.44. The largest absolute Gasteiger partial charge is 0.207 e. The summed E-state index contributed by atoms with van der Waals surface area (Å²) in [6.07, 6.45) is 2.48. The molecule has 0 aliphatic heterocycles. The second kappa shape index (κ2) is 4.50. The first-order chi connectivity index (χ1) is 4.20. The molecule has 0 aromatic heterocycles. The fourth-order valence-corrected chi connectivity index (χ4v) is 0.454. The molecule has 0 atom stereocenters. The standard InChI is InChI=1S/C7H8BrF/c1-3-7(9)4-6(2)5-8/h3-4H,1-2,5H2/b7-4+. The van der Waals surface area contributed by atoms with Gasteiger partial charge >= 0.3 is 0 Å². The van der Waals surface area contributed by atoms with Crippen molar-refractivity contribution in [3.63, 3.8) is 0 Å².